The molecule has 0 unspecified atom stereocenters. The normalized spacial score (nSPS) is 23.2. The Morgan fingerprint density at radius 3 is 2.31 bits per heavy atom. The van der Waals surface area contributed by atoms with Gasteiger partial charge in [0, 0.05) is 16.1 Å². The van der Waals surface area contributed by atoms with E-state index in [2.05, 4.69) is 5.32 Å². The van der Waals surface area contributed by atoms with E-state index in [9.17, 15) is 13.2 Å². The molecule has 5 nitrogen and oxygen atoms in total. The van der Waals surface area contributed by atoms with E-state index in [0.29, 0.717) is 21.9 Å². The Kier molecular flexibility index (Phi) is 5.78. The summed E-state index contributed by atoms with van der Waals surface area (Å²) >= 11 is 12.2. The van der Waals surface area contributed by atoms with Gasteiger partial charge in [-0.25, -0.2) is 8.42 Å². The van der Waals surface area contributed by atoms with Crippen LogP contribution >= 0.6 is 23.2 Å². The molecule has 0 radical (unpaired) electrons. The number of nitrogens with zero attached hydrogens (tertiary/aromatic N) is 1. The first-order valence-electron chi connectivity index (χ1n) is 9.66. The second-order valence-electron chi connectivity index (χ2n) is 7.80. The number of sulfonamides is 1. The van der Waals surface area contributed by atoms with Gasteiger partial charge in [-0.2, -0.15) is 0 Å². The summed E-state index contributed by atoms with van der Waals surface area (Å²) in [4.78, 5) is 12.9. The van der Waals surface area contributed by atoms with E-state index in [1.165, 1.54) is 36.8 Å². The minimum Gasteiger partial charge on any atom is -0.352 e. The summed E-state index contributed by atoms with van der Waals surface area (Å²) in [6.07, 6.45) is 4.49. The Balaban J connectivity index is 1.62. The third-order valence-electron chi connectivity index (χ3n) is 5.84. The average molecular weight is 453 g/mol. The maximum atomic E-state index is 13.3. The van der Waals surface area contributed by atoms with E-state index < -0.39 is 10.0 Å². The fourth-order valence-electron chi connectivity index (χ4n) is 4.52. The molecule has 1 N–H and O–H groups in total. The van der Waals surface area contributed by atoms with Crippen LogP contribution in [0.1, 0.15) is 25.7 Å². The largest absolute Gasteiger partial charge is 0.352 e. The van der Waals surface area contributed by atoms with Crippen molar-refractivity contribution in [1.29, 1.82) is 0 Å². The number of halogens is 2. The molecule has 0 aromatic heterocycles. The van der Waals surface area contributed by atoms with E-state index in [1.807, 2.05) is 0 Å². The zero-order valence-corrected chi connectivity index (χ0v) is 18.1. The van der Waals surface area contributed by atoms with Crippen LogP contribution in [-0.2, 0) is 14.8 Å². The molecule has 4 rings (SSSR count). The van der Waals surface area contributed by atoms with Crippen molar-refractivity contribution in [2.75, 3.05) is 10.8 Å². The number of carbonyl (C=O) groups is 1. The molecule has 2 saturated carbocycles. The Morgan fingerprint density at radius 2 is 1.72 bits per heavy atom. The molecular weight excluding hydrogens is 431 g/mol. The Hall–Kier alpha value is -1.76. The lowest BCUT2D eigenvalue weighted by Gasteiger charge is -2.27. The van der Waals surface area contributed by atoms with Gasteiger partial charge in [-0.05, 0) is 61.4 Å². The van der Waals surface area contributed by atoms with Crippen LogP contribution in [0.3, 0.4) is 0 Å². The van der Waals surface area contributed by atoms with Gasteiger partial charge in [-0.15, -0.1) is 0 Å². The number of rotatable bonds is 6. The van der Waals surface area contributed by atoms with Crippen molar-refractivity contribution in [2.24, 2.45) is 11.8 Å². The third kappa shape index (κ3) is 4.39. The van der Waals surface area contributed by atoms with Crippen molar-refractivity contribution < 1.29 is 13.2 Å². The quantitative estimate of drug-likeness (QED) is 0.701. The first kappa shape index (κ1) is 20.5. The van der Waals surface area contributed by atoms with E-state index in [-0.39, 0.29) is 29.1 Å². The fourth-order valence-corrected chi connectivity index (χ4v) is 6.46. The summed E-state index contributed by atoms with van der Waals surface area (Å²) in [6, 6.07) is 12.7. The number of anilines is 1. The van der Waals surface area contributed by atoms with Crippen molar-refractivity contribution in [1.82, 2.24) is 5.32 Å². The van der Waals surface area contributed by atoms with Gasteiger partial charge in [-0.1, -0.05) is 47.8 Å². The average Bonchev–Trinajstić information content (AvgIpc) is 3.29. The molecular formula is C21H22Cl2N2O3S. The monoisotopic (exact) mass is 452 g/mol. The van der Waals surface area contributed by atoms with Crippen molar-refractivity contribution in [3.8, 4) is 0 Å². The molecule has 1 amide bonds. The van der Waals surface area contributed by atoms with Gasteiger partial charge in [0.05, 0.1) is 10.6 Å². The molecule has 29 heavy (non-hydrogen) atoms. The number of hydrogen-bond acceptors (Lipinski definition) is 3. The predicted octanol–water partition coefficient (Wildman–Crippen LogP) is 4.49. The second kappa shape index (κ2) is 8.17. The van der Waals surface area contributed by atoms with Gasteiger partial charge in [0.1, 0.15) is 6.54 Å². The van der Waals surface area contributed by atoms with Crippen LogP contribution in [0, 0.1) is 11.8 Å². The molecule has 0 spiro atoms. The van der Waals surface area contributed by atoms with Crippen molar-refractivity contribution in [2.45, 2.75) is 36.6 Å². The molecule has 0 saturated heterocycles. The summed E-state index contributed by atoms with van der Waals surface area (Å²) in [7, 11) is -3.97. The highest BCUT2D eigenvalue weighted by molar-refractivity contribution is 7.92. The summed E-state index contributed by atoms with van der Waals surface area (Å²) in [5.74, 6) is 0.864. The molecule has 2 bridgehead atoms. The molecule has 2 aliphatic carbocycles. The minimum atomic E-state index is -3.97. The van der Waals surface area contributed by atoms with Crippen LogP contribution in [0.4, 0.5) is 5.69 Å². The molecule has 0 heterocycles. The Bertz CT molecular complexity index is 994. The van der Waals surface area contributed by atoms with Gasteiger partial charge in [0.15, 0.2) is 0 Å². The summed E-state index contributed by atoms with van der Waals surface area (Å²) < 4.78 is 27.7. The highest BCUT2D eigenvalue weighted by Gasteiger charge is 2.40. The third-order valence-corrected chi connectivity index (χ3v) is 8.06. The van der Waals surface area contributed by atoms with Crippen LogP contribution in [0.5, 0.6) is 0 Å². The zero-order valence-electron chi connectivity index (χ0n) is 15.7. The Labute approximate surface area is 181 Å². The van der Waals surface area contributed by atoms with E-state index >= 15 is 0 Å². The second-order valence-corrected chi connectivity index (χ2v) is 10.5. The molecule has 2 fully saturated rings. The molecule has 154 valence electrons. The van der Waals surface area contributed by atoms with Crippen LogP contribution in [-0.4, -0.2) is 26.9 Å². The minimum absolute atomic E-state index is 0.101. The molecule has 0 aliphatic heterocycles. The Morgan fingerprint density at radius 1 is 1.03 bits per heavy atom. The van der Waals surface area contributed by atoms with E-state index in [1.54, 1.807) is 18.2 Å². The molecule has 2 aromatic carbocycles. The SMILES string of the molecule is O=C(CN(c1cc(Cl)cc(Cl)c1)S(=O)(=O)c1ccccc1)N[C@H]1C[C@H]2CC[C@H]1C2. The lowest BCUT2D eigenvalue weighted by Crippen LogP contribution is -2.46. The standard InChI is InChI=1S/C21H22Cl2N2O3S/c22-16-10-17(23)12-18(11-16)25(29(27,28)19-4-2-1-3-5-19)13-21(26)24-20-9-14-6-7-15(20)8-14/h1-5,10-12,14-15,20H,6-9,13H2,(H,24,26)/t14-,15-,20-/m0/s1. The number of fused-ring (bicyclic) bond motifs is 2. The predicted molar refractivity (Wildman–Crippen MR) is 115 cm³/mol. The van der Waals surface area contributed by atoms with E-state index in [4.69, 9.17) is 23.2 Å². The van der Waals surface area contributed by atoms with Crippen LogP contribution in [0.2, 0.25) is 10.0 Å². The highest BCUT2D eigenvalue weighted by atomic mass is 35.5. The number of hydrogen-bond donors (Lipinski definition) is 1. The molecule has 2 aliphatic rings. The van der Waals surface area contributed by atoms with Crippen molar-refractivity contribution in [3.05, 3.63) is 58.6 Å². The van der Waals surface area contributed by atoms with Crippen LogP contribution in [0.25, 0.3) is 0 Å². The lowest BCUT2D eigenvalue weighted by molar-refractivity contribution is -0.120. The maximum Gasteiger partial charge on any atom is 0.264 e. The maximum absolute atomic E-state index is 13.3. The molecule has 2 aromatic rings. The fraction of sp³-hybridized carbons (Fsp3) is 0.381. The lowest BCUT2D eigenvalue weighted by atomic mass is 9.95. The van der Waals surface area contributed by atoms with Crippen molar-refractivity contribution in [3.63, 3.8) is 0 Å². The van der Waals surface area contributed by atoms with Gasteiger partial charge >= 0.3 is 0 Å². The van der Waals surface area contributed by atoms with Gasteiger partial charge in [-0.3, -0.25) is 9.10 Å². The van der Waals surface area contributed by atoms with Crippen LogP contribution < -0.4 is 9.62 Å². The van der Waals surface area contributed by atoms with Gasteiger partial charge in [0.2, 0.25) is 5.91 Å². The number of nitrogens with one attached hydrogen (secondary N) is 1. The van der Waals surface area contributed by atoms with E-state index in [0.717, 1.165) is 23.6 Å². The topological polar surface area (TPSA) is 66.5 Å². The van der Waals surface area contributed by atoms with Crippen molar-refractivity contribution >= 4 is 44.8 Å². The summed E-state index contributed by atoms with van der Waals surface area (Å²) in [5, 5.41) is 3.65. The first-order chi connectivity index (χ1) is 13.8. The number of benzene rings is 2. The van der Waals surface area contributed by atoms with Crippen LogP contribution in [0.15, 0.2) is 53.4 Å². The number of amides is 1. The number of carbonyl (C=O) groups excluding carboxylic acids is 1. The highest BCUT2D eigenvalue weighted by Crippen LogP contribution is 2.44. The van der Waals surface area contributed by atoms with Gasteiger partial charge < -0.3 is 5.32 Å². The van der Waals surface area contributed by atoms with Gasteiger partial charge in [0.25, 0.3) is 10.0 Å². The summed E-state index contributed by atoms with van der Waals surface area (Å²) in [5.41, 5.74) is 0.259. The molecule has 3 atom stereocenters. The smallest absolute Gasteiger partial charge is 0.264 e. The first-order valence-corrected chi connectivity index (χ1v) is 11.9. The zero-order chi connectivity index (χ0) is 20.6. The summed E-state index contributed by atoms with van der Waals surface area (Å²) in [6.45, 7) is -0.332. The molecule has 8 heteroatoms.